The molecule has 1 amide bonds. The fourth-order valence-electron chi connectivity index (χ4n) is 3.38. The number of rotatable bonds is 7. The van der Waals surface area contributed by atoms with E-state index in [0.29, 0.717) is 28.0 Å². The molecule has 0 unspecified atom stereocenters. The number of carbonyl (C=O) groups excluding carboxylic acids is 1. The average molecular weight is 423 g/mol. The van der Waals surface area contributed by atoms with Gasteiger partial charge >= 0.3 is 0 Å². The molecule has 0 N–H and O–H groups in total. The summed E-state index contributed by atoms with van der Waals surface area (Å²) < 4.78 is 17.4. The number of furan rings is 1. The highest BCUT2D eigenvalue weighted by atomic mass is 32.1. The van der Waals surface area contributed by atoms with Crippen LogP contribution in [0, 0.1) is 0 Å². The van der Waals surface area contributed by atoms with Gasteiger partial charge in [0.1, 0.15) is 5.76 Å². The van der Waals surface area contributed by atoms with E-state index in [1.54, 1.807) is 42.5 Å². The van der Waals surface area contributed by atoms with Gasteiger partial charge in [-0.2, -0.15) is 0 Å². The van der Waals surface area contributed by atoms with Crippen LogP contribution in [0.25, 0.3) is 10.2 Å². The Morgan fingerprint density at radius 2 is 1.93 bits per heavy atom. The minimum Gasteiger partial charge on any atom is -0.493 e. The molecule has 0 aliphatic rings. The molecule has 30 heavy (non-hydrogen) atoms. The average Bonchev–Trinajstić information content (AvgIpc) is 3.45. The molecule has 2 heterocycles. The molecule has 4 rings (SSSR count). The number of carbonyl (C=O) groups is 1. The first kappa shape index (κ1) is 20.0. The third-order valence-electron chi connectivity index (χ3n) is 4.88. The minimum absolute atomic E-state index is 0.237. The highest BCUT2D eigenvalue weighted by Crippen LogP contribution is 2.36. The Labute approximate surface area is 178 Å². The van der Waals surface area contributed by atoms with Crippen LogP contribution < -0.4 is 14.4 Å². The molecule has 0 aliphatic heterocycles. The second-order valence-corrected chi connectivity index (χ2v) is 7.63. The van der Waals surface area contributed by atoms with E-state index in [9.17, 15) is 4.79 Å². The molecule has 0 saturated heterocycles. The Hall–Kier alpha value is -3.32. The molecular formula is C23H22N2O4S. The van der Waals surface area contributed by atoms with Gasteiger partial charge in [-0.3, -0.25) is 9.69 Å². The molecule has 0 saturated carbocycles. The Morgan fingerprint density at radius 3 is 2.63 bits per heavy atom. The Bertz CT molecular complexity index is 1170. The van der Waals surface area contributed by atoms with E-state index in [-0.39, 0.29) is 12.5 Å². The van der Waals surface area contributed by atoms with Gasteiger partial charge in [0.05, 0.1) is 42.8 Å². The van der Waals surface area contributed by atoms with E-state index in [4.69, 9.17) is 18.9 Å². The van der Waals surface area contributed by atoms with Crippen molar-refractivity contribution in [3.05, 3.63) is 71.7 Å². The first-order chi connectivity index (χ1) is 14.7. The molecule has 6 nitrogen and oxygen atoms in total. The number of fused-ring (bicyclic) bond motifs is 1. The fourth-order valence-corrected chi connectivity index (χ4v) is 4.39. The van der Waals surface area contributed by atoms with Gasteiger partial charge in [-0.25, -0.2) is 4.98 Å². The molecule has 154 valence electrons. The number of benzene rings is 2. The molecule has 0 bridgehead atoms. The number of para-hydroxylation sites is 2. The molecule has 2 aromatic heterocycles. The van der Waals surface area contributed by atoms with E-state index in [1.807, 2.05) is 18.2 Å². The number of anilines is 1. The number of aryl methyl sites for hydroxylation is 1. The summed E-state index contributed by atoms with van der Waals surface area (Å²) in [7, 11) is 3.07. The van der Waals surface area contributed by atoms with Gasteiger partial charge in [0.2, 0.25) is 0 Å². The van der Waals surface area contributed by atoms with Crippen LogP contribution in [0.2, 0.25) is 0 Å². The Kier molecular flexibility index (Phi) is 5.72. The van der Waals surface area contributed by atoms with Crippen molar-refractivity contribution in [1.82, 2.24) is 4.98 Å². The number of aromatic nitrogens is 1. The van der Waals surface area contributed by atoms with E-state index in [1.165, 1.54) is 18.4 Å². The van der Waals surface area contributed by atoms with Crippen LogP contribution >= 0.6 is 11.3 Å². The highest BCUT2D eigenvalue weighted by Gasteiger charge is 2.27. The van der Waals surface area contributed by atoms with E-state index in [0.717, 1.165) is 22.2 Å². The zero-order valence-corrected chi connectivity index (χ0v) is 17.9. The molecule has 0 aliphatic carbocycles. The SMILES string of the molecule is CCc1cccc2sc(N(Cc3ccco3)C(=O)c3cccc(OC)c3OC)nc12. The summed E-state index contributed by atoms with van der Waals surface area (Å²) in [5.74, 6) is 1.32. The number of hydrogen-bond acceptors (Lipinski definition) is 6. The van der Waals surface area contributed by atoms with Crippen molar-refractivity contribution in [1.29, 1.82) is 0 Å². The topological polar surface area (TPSA) is 64.8 Å². The van der Waals surface area contributed by atoms with E-state index >= 15 is 0 Å². The molecule has 0 spiro atoms. The van der Waals surface area contributed by atoms with Gasteiger partial charge < -0.3 is 13.9 Å². The lowest BCUT2D eigenvalue weighted by atomic mass is 10.1. The van der Waals surface area contributed by atoms with Crippen molar-refractivity contribution in [2.45, 2.75) is 19.9 Å². The molecule has 0 atom stereocenters. The normalized spacial score (nSPS) is 10.9. The monoisotopic (exact) mass is 422 g/mol. The Balaban J connectivity index is 1.82. The summed E-state index contributed by atoms with van der Waals surface area (Å²) in [4.78, 5) is 20.1. The maximum absolute atomic E-state index is 13.7. The van der Waals surface area contributed by atoms with Crippen LogP contribution in [0.3, 0.4) is 0 Å². The standard InChI is InChI=1S/C23H22N2O4S/c1-4-15-8-5-12-19-20(15)24-23(30-19)25(14-16-9-7-13-29-16)22(26)17-10-6-11-18(27-2)21(17)28-3/h5-13H,4,14H2,1-3H3. The first-order valence-electron chi connectivity index (χ1n) is 9.60. The maximum Gasteiger partial charge on any atom is 0.264 e. The van der Waals surface area contributed by atoms with Gasteiger partial charge in [-0.1, -0.05) is 36.5 Å². The van der Waals surface area contributed by atoms with Gasteiger partial charge in [0.15, 0.2) is 16.6 Å². The summed E-state index contributed by atoms with van der Waals surface area (Å²) in [5.41, 5.74) is 2.48. The maximum atomic E-state index is 13.7. The third kappa shape index (κ3) is 3.64. The first-order valence-corrected chi connectivity index (χ1v) is 10.4. The summed E-state index contributed by atoms with van der Waals surface area (Å²) >= 11 is 1.48. The summed E-state index contributed by atoms with van der Waals surface area (Å²) in [5, 5.41) is 0.608. The smallest absolute Gasteiger partial charge is 0.264 e. The summed E-state index contributed by atoms with van der Waals surface area (Å²) in [6.07, 6.45) is 2.47. The predicted octanol–water partition coefficient (Wildman–Crippen LogP) is 5.32. The number of methoxy groups -OCH3 is 2. The molecule has 2 aromatic carbocycles. The molecule has 0 fully saturated rings. The van der Waals surface area contributed by atoms with Crippen LogP contribution in [-0.4, -0.2) is 25.1 Å². The largest absolute Gasteiger partial charge is 0.493 e. The van der Waals surface area contributed by atoms with Gasteiger partial charge in [0.25, 0.3) is 5.91 Å². The lowest BCUT2D eigenvalue weighted by Crippen LogP contribution is -2.30. The third-order valence-corrected chi connectivity index (χ3v) is 5.92. The second-order valence-electron chi connectivity index (χ2n) is 6.63. The van der Waals surface area contributed by atoms with E-state index in [2.05, 4.69) is 13.0 Å². The van der Waals surface area contributed by atoms with Crippen LogP contribution in [-0.2, 0) is 13.0 Å². The number of nitrogens with zero attached hydrogens (tertiary/aromatic N) is 2. The van der Waals surface area contributed by atoms with Crippen molar-refractivity contribution in [3.8, 4) is 11.5 Å². The van der Waals surface area contributed by atoms with E-state index < -0.39 is 0 Å². The zero-order valence-electron chi connectivity index (χ0n) is 17.0. The fraction of sp³-hybridized carbons (Fsp3) is 0.217. The summed E-state index contributed by atoms with van der Waals surface area (Å²) in [6, 6.07) is 15.0. The number of ether oxygens (including phenoxy) is 2. The second kappa shape index (κ2) is 8.59. The number of hydrogen-bond donors (Lipinski definition) is 0. The van der Waals surface area contributed by atoms with Crippen molar-refractivity contribution in [2.24, 2.45) is 0 Å². The van der Waals surface area contributed by atoms with Crippen LogP contribution in [0.4, 0.5) is 5.13 Å². The molecule has 4 aromatic rings. The van der Waals surface area contributed by atoms with Crippen molar-refractivity contribution < 1.29 is 18.7 Å². The number of thiazole rings is 1. The van der Waals surface area contributed by atoms with Crippen LogP contribution in [0.5, 0.6) is 11.5 Å². The summed E-state index contributed by atoms with van der Waals surface area (Å²) in [6.45, 7) is 2.36. The molecule has 0 radical (unpaired) electrons. The van der Waals surface area contributed by atoms with Crippen molar-refractivity contribution >= 4 is 32.6 Å². The van der Waals surface area contributed by atoms with Crippen LogP contribution in [0.1, 0.15) is 28.6 Å². The lowest BCUT2D eigenvalue weighted by molar-refractivity contribution is 0.0979. The minimum atomic E-state index is -0.237. The number of amides is 1. The lowest BCUT2D eigenvalue weighted by Gasteiger charge is -2.20. The van der Waals surface area contributed by atoms with Gasteiger partial charge in [-0.15, -0.1) is 0 Å². The van der Waals surface area contributed by atoms with Gasteiger partial charge in [0, 0.05) is 0 Å². The highest BCUT2D eigenvalue weighted by molar-refractivity contribution is 7.22. The van der Waals surface area contributed by atoms with Crippen LogP contribution in [0.15, 0.2) is 59.2 Å². The predicted molar refractivity (Wildman–Crippen MR) is 118 cm³/mol. The molecule has 7 heteroatoms. The molecular weight excluding hydrogens is 400 g/mol. The quantitative estimate of drug-likeness (QED) is 0.403. The van der Waals surface area contributed by atoms with Crippen molar-refractivity contribution in [3.63, 3.8) is 0 Å². The van der Waals surface area contributed by atoms with Gasteiger partial charge in [-0.05, 0) is 42.3 Å². The Morgan fingerprint density at radius 1 is 1.10 bits per heavy atom. The zero-order chi connectivity index (χ0) is 21.1. The van der Waals surface area contributed by atoms with Crippen molar-refractivity contribution in [2.75, 3.05) is 19.1 Å².